The van der Waals surface area contributed by atoms with E-state index in [0.29, 0.717) is 22.8 Å². The highest BCUT2D eigenvalue weighted by molar-refractivity contribution is 7.99. The Balaban J connectivity index is 1.69. The van der Waals surface area contributed by atoms with Crippen LogP contribution in [0.1, 0.15) is 24.5 Å². The van der Waals surface area contributed by atoms with E-state index in [9.17, 15) is 9.90 Å². The van der Waals surface area contributed by atoms with Crippen molar-refractivity contribution < 1.29 is 9.90 Å². The maximum absolute atomic E-state index is 12.7. The van der Waals surface area contributed by atoms with Gasteiger partial charge in [0.1, 0.15) is 0 Å². The molecule has 2 aromatic carbocycles. The van der Waals surface area contributed by atoms with Gasteiger partial charge in [0, 0.05) is 28.5 Å². The minimum atomic E-state index is -1.41. The van der Waals surface area contributed by atoms with Crippen LogP contribution in [0.4, 0.5) is 0 Å². The molecule has 0 saturated carbocycles. The second-order valence-electron chi connectivity index (χ2n) is 5.98. The van der Waals surface area contributed by atoms with Gasteiger partial charge >= 0.3 is 0 Å². The average molecular weight is 375 g/mol. The van der Waals surface area contributed by atoms with Crippen LogP contribution in [-0.2, 0) is 16.3 Å². The zero-order chi connectivity index (χ0) is 17.9. The van der Waals surface area contributed by atoms with Crippen LogP contribution in [0.5, 0.6) is 0 Å². The van der Waals surface area contributed by atoms with Gasteiger partial charge in [0.15, 0.2) is 5.72 Å². The standard InChI is InChI=1S/C19H19ClN2O2S/c1-14-11-19(24,16-8-3-2-4-9-16)22(21-14)18(23)13-25-12-15-7-5-6-10-17(15)20/h2-10,24H,11-13H2,1H3/t19-/m1/s1. The summed E-state index contributed by atoms with van der Waals surface area (Å²) < 4.78 is 0. The fourth-order valence-electron chi connectivity index (χ4n) is 2.84. The number of amides is 1. The third kappa shape index (κ3) is 3.89. The number of aliphatic hydroxyl groups is 1. The Labute approximate surface area is 156 Å². The first-order valence-corrected chi connectivity index (χ1v) is 9.50. The summed E-state index contributed by atoms with van der Waals surface area (Å²) in [6.07, 6.45) is 0.317. The summed E-state index contributed by atoms with van der Waals surface area (Å²) >= 11 is 7.60. The monoisotopic (exact) mass is 374 g/mol. The van der Waals surface area contributed by atoms with Crippen molar-refractivity contribution in [3.63, 3.8) is 0 Å². The van der Waals surface area contributed by atoms with E-state index in [1.165, 1.54) is 16.8 Å². The van der Waals surface area contributed by atoms with Gasteiger partial charge < -0.3 is 5.11 Å². The summed E-state index contributed by atoms with van der Waals surface area (Å²) in [4.78, 5) is 12.7. The lowest BCUT2D eigenvalue weighted by molar-refractivity contribution is -0.154. The van der Waals surface area contributed by atoms with Gasteiger partial charge in [-0.25, -0.2) is 0 Å². The number of hydrogen-bond acceptors (Lipinski definition) is 4. The number of hydrazone groups is 1. The fourth-order valence-corrected chi connectivity index (χ4v) is 3.99. The third-order valence-electron chi connectivity index (χ3n) is 4.04. The molecule has 6 heteroatoms. The van der Waals surface area contributed by atoms with Gasteiger partial charge in [-0.15, -0.1) is 11.8 Å². The minimum absolute atomic E-state index is 0.219. The van der Waals surface area contributed by atoms with Gasteiger partial charge in [0.05, 0.1) is 5.75 Å². The van der Waals surface area contributed by atoms with Crippen LogP contribution in [-0.4, -0.2) is 27.5 Å². The zero-order valence-corrected chi connectivity index (χ0v) is 15.4. The molecule has 25 heavy (non-hydrogen) atoms. The van der Waals surface area contributed by atoms with E-state index in [4.69, 9.17) is 11.6 Å². The van der Waals surface area contributed by atoms with Crippen molar-refractivity contribution in [1.82, 2.24) is 5.01 Å². The Hall–Kier alpha value is -1.82. The van der Waals surface area contributed by atoms with Gasteiger partial charge in [0.25, 0.3) is 5.91 Å². The van der Waals surface area contributed by atoms with E-state index in [2.05, 4.69) is 5.10 Å². The molecule has 0 fully saturated rings. The number of thioether (sulfide) groups is 1. The molecule has 3 rings (SSSR count). The van der Waals surface area contributed by atoms with Gasteiger partial charge in [0.2, 0.25) is 0 Å². The predicted molar refractivity (Wildman–Crippen MR) is 103 cm³/mol. The molecule has 130 valence electrons. The van der Waals surface area contributed by atoms with Gasteiger partial charge in [-0.3, -0.25) is 4.79 Å². The van der Waals surface area contributed by atoms with Crippen LogP contribution in [0.25, 0.3) is 0 Å². The molecule has 0 saturated heterocycles. The normalized spacial score (nSPS) is 19.8. The maximum Gasteiger partial charge on any atom is 0.255 e. The Morgan fingerprint density at radius 2 is 1.92 bits per heavy atom. The molecule has 4 nitrogen and oxygen atoms in total. The summed E-state index contributed by atoms with van der Waals surface area (Å²) in [5.74, 6) is 0.628. The number of nitrogens with zero attached hydrogens (tertiary/aromatic N) is 2. The molecule has 0 spiro atoms. The van der Waals surface area contributed by atoms with Crippen LogP contribution < -0.4 is 0 Å². The summed E-state index contributed by atoms with van der Waals surface area (Å²) in [5, 5.41) is 17.3. The molecular formula is C19H19ClN2O2S. The molecular weight excluding hydrogens is 356 g/mol. The molecule has 1 amide bonds. The highest BCUT2D eigenvalue weighted by Crippen LogP contribution is 2.35. The molecule has 2 aromatic rings. The molecule has 1 N–H and O–H groups in total. The molecule has 0 aliphatic carbocycles. The first kappa shape index (κ1) is 18.0. The van der Waals surface area contributed by atoms with Crippen molar-refractivity contribution in [3.05, 3.63) is 70.7 Å². The van der Waals surface area contributed by atoms with Crippen LogP contribution in [0.3, 0.4) is 0 Å². The number of carbonyl (C=O) groups is 1. The number of benzene rings is 2. The lowest BCUT2D eigenvalue weighted by Gasteiger charge is -2.31. The van der Waals surface area contributed by atoms with Gasteiger partial charge in [-0.2, -0.15) is 10.1 Å². The number of rotatable bonds is 5. The quantitative estimate of drug-likeness (QED) is 0.859. The predicted octanol–water partition coefficient (Wildman–Crippen LogP) is 4.03. The smallest absolute Gasteiger partial charge is 0.255 e. The first-order valence-electron chi connectivity index (χ1n) is 7.97. The average Bonchev–Trinajstić information content (AvgIpc) is 2.93. The van der Waals surface area contributed by atoms with Crippen LogP contribution >= 0.6 is 23.4 Å². The van der Waals surface area contributed by atoms with Crippen molar-refractivity contribution in [3.8, 4) is 0 Å². The molecule has 0 aromatic heterocycles. The van der Waals surface area contributed by atoms with E-state index < -0.39 is 5.72 Å². The maximum atomic E-state index is 12.7. The molecule has 1 heterocycles. The highest BCUT2D eigenvalue weighted by Gasteiger charge is 2.44. The van der Waals surface area contributed by atoms with E-state index >= 15 is 0 Å². The lowest BCUT2D eigenvalue weighted by Crippen LogP contribution is -2.44. The fraction of sp³-hybridized carbons (Fsp3) is 0.263. The first-order chi connectivity index (χ1) is 12.0. The van der Waals surface area contributed by atoms with E-state index in [1.807, 2.05) is 61.5 Å². The number of halogens is 1. The second-order valence-corrected chi connectivity index (χ2v) is 7.38. The summed E-state index contributed by atoms with van der Waals surface area (Å²) in [6, 6.07) is 16.8. The van der Waals surface area contributed by atoms with Crippen molar-refractivity contribution >= 4 is 35.0 Å². The molecule has 1 aliphatic rings. The van der Waals surface area contributed by atoms with Crippen LogP contribution in [0.2, 0.25) is 5.02 Å². The van der Waals surface area contributed by atoms with Crippen molar-refractivity contribution in [2.24, 2.45) is 5.10 Å². The molecule has 0 unspecified atom stereocenters. The van der Waals surface area contributed by atoms with Crippen molar-refractivity contribution in [2.45, 2.75) is 24.8 Å². The Kier molecular flexibility index (Phi) is 5.47. The van der Waals surface area contributed by atoms with Gasteiger partial charge in [-0.1, -0.05) is 60.1 Å². The van der Waals surface area contributed by atoms with Crippen molar-refractivity contribution in [1.29, 1.82) is 0 Å². The second kappa shape index (κ2) is 7.60. The SMILES string of the molecule is CC1=NN(C(=O)CSCc2ccccc2Cl)[C@](O)(c2ccccc2)C1. The molecule has 0 radical (unpaired) electrons. The van der Waals surface area contributed by atoms with Crippen molar-refractivity contribution in [2.75, 3.05) is 5.75 Å². The lowest BCUT2D eigenvalue weighted by atomic mass is 9.98. The zero-order valence-electron chi connectivity index (χ0n) is 13.9. The van der Waals surface area contributed by atoms with Crippen LogP contribution in [0, 0.1) is 0 Å². The molecule has 1 atom stereocenters. The van der Waals surface area contributed by atoms with Crippen LogP contribution in [0.15, 0.2) is 59.7 Å². The largest absolute Gasteiger partial charge is 0.365 e. The Bertz CT molecular complexity index is 797. The Morgan fingerprint density at radius 1 is 1.24 bits per heavy atom. The molecule has 1 aliphatic heterocycles. The molecule has 0 bridgehead atoms. The summed E-state index contributed by atoms with van der Waals surface area (Å²) in [5.41, 5.74) is 0.977. The number of carbonyl (C=O) groups excluding carboxylic acids is 1. The topological polar surface area (TPSA) is 52.9 Å². The summed E-state index contributed by atoms with van der Waals surface area (Å²) in [6.45, 7) is 1.82. The van der Waals surface area contributed by atoms with E-state index in [0.717, 1.165) is 11.3 Å². The highest BCUT2D eigenvalue weighted by atomic mass is 35.5. The van der Waals surface area contributed by atoms with E-state index in [1.54, 1.807) is 0 Å². The minimum Gasteiger partial charge on any atom is -0.365 e. The summed E-state index contributed by atoms with van der Waals surface area (Å²) in [7, 11) is 0. The van der Waals surface area contributed by atoms with E-state index in [-0.39, 0.29) is 11.7 Å². The number of hydrogen-bond donors (Lipinski definition) is 1. The Morgan fingerprint density at radius 3 is 2.64 bits per heavy atom. The third-order valence-corrected chi connectivity index (χ3v) is 5.37. The van der Waals surface area contributed by atoms with Gasteiger partial charge in [-0.05, 0) is 18.6 Å².